The van der Waals surface area contributed by atoms with Crippen LogP contribution in [0.4, 0.5) is 28.1 Å². The van der Waals surface area contributed by atoms with Gasteiger partial charge in [-0.1, -0.05) is 35.1 Å². The van der Waals surface area contributed by atoms with Crippen molar-refractivity contribution >= 4 is 61.3 Å². The summed E-state index contributed by atoms with van der Waals surface area (Å²) in [5.74, 6) is 0.477. The number of ether oxygens (including phenoxy) is 1. The second-order valence-corrected chi connectivity index (χ2v) is 7.23. The Morgan fingerprint density at radius 3 is 2.62 bits per heavy atom. The predicted octanol–water partition coefficient (Wildman–Crippen LogP) is 5.14. The van der Waals surface area contributed by atoms with E-state index < -0.39 is 4.92 Å². The topological polar surface area (TPSA) is 115 Å². The fourth-order valence-electron chi connectivity index (χ4n) is 2.67. The molecule has 4 aromatic rings. The number of nitrogens with zero attached hydrogens (tertiary/aromatic N) is 4. The van der Waals surface area contributed by atoms with Crippen molar-refractivity contribution in [3.63, 3.8) is 0 Å². The van der Waals surface area contributed by atoms with E-state index in [9.17, 15) is 10.1 Å². The zero-order valence-corrected chi connectivity index (χ0v) is 16.5. The summed E-state index contributed by atoms with van der Waals surface area (Å²) in [6.07, 6.45) is 1.22. The molecular weight excluding hydrogens is 416 g/mol. The normalized spacial score (nSPS) is 10.7. The first-order valence-corrected chi connectivity index (χ1v) is 9.47. The highest BCUT2D eigenvalue weighted by Crippen LogP contribution is 2.37. The van der Waals surface area contributed by atoms with Crippen LogP contribution in [0.5, 0.6) is 5.75 Å². The number of hydrogen-bond acceptors (Lipinski definition) is 9. The van der Waals surface area contributed by atoms with Crippen LogP contribution in [0.2, 0.25) is 5.02 Å². The summed E-state index contributed by atoms with van der Waals surface area (Å²) in [6, 6.07) is 12.5. The van der Waals surface area contributed by atoms with Gasteiger partial charge in [0.15, 0.2) is 5.13 Å². The highest BCUT2D eigenvalue weighted by Gasteiger charge is 2.25. The zero-order chi connectivity index (χ0) is 20.4. The average Bonchev–Trinajstić information content (AvgIpc) is 3.10. The molecule has 0 saturated heterocycles. The van der Waals surface area contributed by atoms with E-state index in [0.717, 1.165) is 10.2 Å². The number of hydrogen-bond donors (Lipinski definition) is 2. The molecule has 0 aliphatic heterocycles. The Morgan fingerprint density at radius 2 is 1.90 bits per heavy atom. The smallest absolute Gasteiger partial charge is 0.353 e. The maximum absolute atomic E-state index is 11.8. The molecule has 2 aromatic carbocycles. The summed E-state index contributed by atoms with van der Waals surface area (Å²) in [7, 11) is 1.49. The van der Waals surface area contributed by atoms with E-state index in [-0.39, 0.29) is 17.3 Å². The van der Waals surface area contributed by atoms with E-state index in [1.165, 1.54) is 24.8 Å². The highest BCUT2D eigenvalue weighted by molar-refractivity contribution is 7.22. The Bertz CT molecular complexity index is 1180. The minimum Gasteiger partial charge on any atom is -0.495 e. The maximum atomic E-state index is 11.8. The van der Waals surface area contributed by atoms with Gasteiger partial charge in [0.2, 0.25) is 11.6 Å². The molecule has 0 unspecified atom stereocenters. The Balaban J connectivity index is 1.73. The van der Waals surface area contributed by atoms with Gasteiger partial charge in [0.25, 0.3) is 0 Å². The number of benzene rings is 2. The molecule has 0 fully saturated rings. The molecule has 29 heavy (non-hydrogen) atoms. The van der Waals surface area contributed by atoms with Crippen LogP contribution in [0.15, 0.2) is 48.8 Å². The van der Waals surface area contributed by atoms with Gasteiger partial charge in [-0.25, -0.2) is 15.0 Å². The fraction of sp³-hybridized carbons (Fsp3) is 0.0556. The maximum Gasteiger partial charge on any atom is 0.353 e. The fourth-order valence-corrected chi connectivity index (χ4v) is 3.70. The lowest BCUT2D eigenvalue weighted by molar-refractivity contribution is -0.383. The van der Waals surface area contributed by atoms with Gasteiger partial charge in [0, 0.05) is 5.02 Å². The van der Waals surface area contributed by atoms with Crippen molar-refractivity contribution in [3.8, 4) is 5.75 Å². The molecule has 11 heteroatoms. The van der Waals surface area contributed by atoms with E-state index in [1.54, 1.807) is 18.2 Å². The van der Waals surface area contributed by atoms with E-state index in [4.69, 9.17) is 16.3 Å². The van der Waals surface area contributed by atoms with E-state index in [0.29, 0.717) is 21.6 Å². The number of thiazole rings is 1. The summed E-state index contributed by atoms with van der Waals surface area (Å²) < 4.78 is 6.23. The Kier molecular flexibility index (Phi) is 5.10. The molecule has 2 aromatic heterocycles. The second kappa shape index (κ2) is 7.86. The number of nitro groups is 1. The predicted molar refractivity (Wildman–Crippen MR) is 113 cm³/mol. The lowest BCUT2D eigenvalue weighted by Gasteiger charge is -2.12. The van der Waals surface area contributed by atoms with Crippen molar-refractivity contribution in [2.75, 3.05) is 17.7 Å². The van der Waals surface area contributed by atoms with Gasteiger partial charge in [0.05, 0.1) is 27.9 Å². The molecule has 0 aliphatic rings. The summed E-state index contributed by atoms with van der Waals surface area (Å²) in [5, 5.41) is 18.6. The molecule has 0 saturated carbocycles. The van der Waals surface area contributed by atoms with Crippen molar-refractivity contribution < 1.29 is 9.66 Å². The van der Waals surface area contributed by atoms with Crippen LogP contribution in [0.1, 0.15) is 0 Å². The van der Waals surface area contributed by atoms with Gasteiger partial charge in [0.1, 0.15) is 12.1 Å². The molecule has 0 bridgehead atoms. The quantitative estimate of drug-likeness (QED) is 0.320. The number of aromatic nitrogens is 3. The van der Waals surface area contributed by atoms with Gasteiger partial charge in [-0.2, -0.15) is 0 Å². The highest BCUT2D eigenvalue weighted by atomic mass is 35.5. The van der Waals surface area contributed by atoms with Crippen LogP contribution >= 0.6 is 22.9 Å². The summed E-state index contributed by atoms with van der Waals surface area (Å²) in [4.78, 5) is 23.7. The molecule has 2 heterocycles. The first-order chi connectivity index (χ1) is 14.0. The first kappa shape index (κ1) is 18.8. The Morgan fingerprint density at radius 1 is 1.14 bits per heavy atom. The monoisotopic (exact) mass is 428 g/mol. The van der Waals surface area contributed by atoms with E-state index >= 15 is 0 Å². The van der Waals surface area contributed by atoms with E-state index in [1.807, 2.05) is 24.3 Å². The molecule has 0 atom stereocenters. The first-order valence-electron chi connectivity index (χ1n) is 8.27. The number of para-hydroxylation sites is 1. The third kappa shape index (κ3) is 3.89. The van der Waals surface area contributed by atoms with Gasteiger partial charge in [-0.3, -0.25) is 10.1 Å². The second-order valence-electron chi connectivity index (χ2n) is 5.76. The summed E-state index contributed by atoms with van der Waals surface area (Å²) in [6.45, 7) is 0. The summed E-state index contributed by atoms with van der Waals surface area (Å²) >= 11 is 7.41. The number of fused-ring (bicyclic) bond motifs is 1. The standard InChI is InChI=1S/C18H13ClN6O3S/c1-28-13-7-6-10(19)8-12(13)22-16-15(25(26)27)17(21-9-20-16)24-18-23-11-4-2-3-5-14(11)29-18/h2-9H,1H3,(H2,20,21,22,23,24). The van der Waals surface area contributed by atoms with Crippen molar-refractivity contribution in [1.29, 1.82) is 0 Å². The van der Waals surface area contributed by atoms with Crippen molar-refractivity contribution in [3.05, 3.63) is 63.9 Å². The van der Waals surface area contributed by atoms with Gasteiger partial charge in [-0.15, -0.1) is 0 Å². The molecule has 146 valence electrons. The third-order valence-corrected chi connectivity index (χ3v) is 5.13. The van der Waals surface area contributed by atoms with Crippen LogP contribution in [0, 0.1) is 10.1 Å². The Labute approximate surface area is 173 Å². The molecule has 0 spiro atoms. The van der Waals surface area contributed by atoms with Crippen LogP contribution in [-0.2, 0) is 0 Å². The molecular formula is C18H13ClN6O3S. The summed E-state index contributed by atoms with van der Waals surface area (Å²) in [5.41, 5.74) is 0.903. The molecule has 9 nitrogen and oxygen atoms in total. The molecule has 0 radical (unpaired) electrons. The minimum atomic E-state index is -0.561. The third-order valence-electron chi connectivity index (χ3n) is 3.94. The van der Waals surface area contributed by atoms with Crippen molar-refractivity contribution in [2.24, 2.45) is 0 Å². The van der Waals surface area contributed by atoms with Crippen LogP contribution in [-0.4, -0.2) is 27.0 Å². The van der Waals surface area contributed by atoms with E-state index in [2.05, 4.69) is 25.6 Å². The lowest BCUT2D eigenvalue weighted by Crippen LogP contribution is -2.06. The van der Waals surface area contributed by atoms with Gasteiger partial charge >= 0.3 is 5.69 Å². The van der Waals surface area contributed by atoms with Crippen LogP contribution < -0.4 is 15.4 Å². The van der Waals surface area contributed by atoms with Gasteiger partial charge < -0.3 is 15.4 Å². The van der Waals surface area contributed by atoms with Crippen molar-refractivity contribution in [1.82, 2.24) is 15.0 Å². The molecule has 4 rings (SSSR count). The molecule has 0 amide bonds. The number of anilines is 4. The van der Waals surface area contributed by atoms with Crippen LogP contribution in [0.3, 0.4) is 0 Å². The SMILES string of the molecule is COc1ccc(Cl)cc1Nc1ncnc(Nc2nc3ccccc3s2)c1[N+](=O)[O-]. The zero-order valence-electron chi connectivity index (χ0n) is 14.9. The van der Waals surface area contributed by atoms with Crippen LogP contribution in [0.25, 0.3) is 10.2 Å². The van der Waals surface area contributed by atoms with Gasteiger partial charge in [-0.05, 0) is 30.3 Å². The lowest BCUT2D eigenvalue weighted by atomic mass is 10.3. The molecule has 0 aliphatic carbocycles. The largest absolute Gasteiger partial charge is 0.495 e. The Hall–Kier alpha value is -3.50. The average molecular weight is 429 g/mol. The van der Waals surface area contributed by atoms with Crippen molar-refractivity contribution in [2.45, 2.75) is 0 Å². The molecule has 2 N–H and O–H groups in total. The number of rotatable bonds is 6. The number of nitrogens with one attached hydrogen (secondary N) is 2. The number of methoxy groups -OCH3 is 1. The minimum absolute atomic E-state index is 0.00539. The number of halogens is 1.